The van der Waals surface area contributed by atoms with Crippen LogP contribution in [-0.4, -0.2) is 16.5 Å². The van der Waals surface area contributed by atoms with Gasteiger partial charge in [0.15, 0.2) is 11.6 Å². The van der Waals surface area contributed by atoms with Crippen LogP contribution < -0.4 is 5.73 Å². The Morgan fingerprint density at radius 3 is 2.75 bits per heavy atom. The SMILES string of the molecule is CCCC(CCN)CCc1nc2c(F)c(F)ccc2[nH]1. The van der Waals surface area contributed by atoms with E-state index in [2.05, 4.69) is 16.9 Å². The molecule has 0 radical (unpaired) electrons. The fourth-order valence-electron chi connectivity index (χ4n) is 2.60. The molecule has 5 heteroatoms. The first kappa shape index (κ1) is 14.9. The van der Waals surface area contributed by atoms with Crippen molar-refractivity contribution in [2.45, 2.75) is 39.0 Å². The van der Waals surface area contributed by atoms with Crippen LogP contribution in [0, 0.1) is 17.6 Å². The van der Waals surface area contributed by atoms with Gasteiger partial charge in [-0.2, -0.15) is 0 Å². The third kappa shape index (κ3) is 3.33. The summed E-state index contributed by atoms with van der Waals surface area (Å²) in [5.74, 6) is -0.456. The Balaban J connectivity index is 2.08. The van der Waals surface area contributed by atoms with Crippen LogP contribution in [0.25, 0.3) is 11.0 Å². The van der Waals surface area contributed by atoms with Gasteiger partial charge in [0.05, 0.1) is 5.52 Å². The summed E-state index contributed by atoms with van der Waals surface area (Å²) in [5, 5.41) is 0. The van der Waals surface area contributed by atoms with E-state index in [9.17, 15) is 8.78 Å². The molecule has 2 aromatic rings. The molecule has 20 heavy (non-hydrogen) atoms. The number of halogens is 2. The van der Waals surface area contributed by atoms with Crippen molar-refractivity contribution in [2.24, 2.45) is 11.7 Å². The van der Waals surface area contributed by atoms with Gasteiger partial charge in [-0.15, -0.1) is 0 Å². The van der Waals surface area contributed by atoms with E-state index >= 15 is 0 Å². The summed E-state index contributed by atoms with van der Waals surface area (Å²) in [6, 6.07) is 2.64. The highest BCUT2D eigenvalue weighted by atomic mass is 19.2. The van der Waals surface area contributed by atoms with Crippen LogP contribution in [0.5, 0.6) is 0 Å². The van der Waals surface area contributed by atoms with Crippen LogP contribution in [-0.2, 0) is 6.42 Å². The van der Waals surface area contributed by atoms with Gasteiger partial charge < -0.3 is 10.7 Å². The molecule has 0 aliphatic rings. The van der Waals surface area contributed by atoms with Gasteiger partial charge in [0.1, 0.15) is 11.3 Å². The normalized spacial score (nSPS) is 13.0. The van der Waals surface area contributed by atoms with Crippen LogP contribution in [0.3, 0.4) is 0 Å². The van der Waals surface area contributed by atoms with Crippen molar-refractivity contribution in [3.8, 4) is 0 Å². The van der Waals surface area contributed by atoms with E-state index in [4.69, 9.17) is 5.73 Å². The quantitative estimate of drug-likeness (QED) is 0.815. The number of H-pyrrole nitrogens is 1. The third-order valence-corrected chi connectivity index (χ3v) is 3.66. The van der Waals surface area contributed by atoms with Crippen LogP contribution in [0.1, 0.15) is 38.4 Å². The lowest BCUT2D eigenvalue weighted by molar-refractivity contribution is 0.418. The minimum absolute atomic E-state index is 0.0888. The van der Waals surface area contributed by atoms with E-state index in [1.807, 2.05) is 0 Å². The van der Waals surface area contributed by atoms with E-state index in [0.717, 1.165) is 38.2 Å². The molecule has 2 rings (SSSR count). The largest absolute Gasteiger partial charge is 0.342 e. The highest BCUT2D eigenvalue weighted by Gasteiger charge is 2.13. The number of benzene rings is 1. The zero-order chi connectivity index (χ0) is 14.5. The monoisotopic (exact) mass is 281 g/mol. The van der Waals surface area contributed by atoms with E-state index in [0.29, 0.717) is 23.8 Å². The molecule has 0 saturated carbocycles. The van der Waals surface area contributed by atoms with Crippen molar-refractivity contribution < 1.29 is 8.78 Å². The Morgan fingerprint density at radius 1 is 1.25 bits per heavy atom. The summed E-state index contributed by atoms with van der Waals surface area (Å²) in [6.07, 6.45) is 4.97. The summed E-state index contributed by atoms with van der Waals surface area (Å²) >= 11 is 0. The number of rotatable bonds is 7. The maximum absolute atomic E-state index is 13.6. The van der Waals surface area contributed by atoms with Gasteiger partial charge in [0.2, 0.25) is 0 Å². The Hall–Kier alpha value is -1.49. The predicted octanol–water partition coefficient (Wildman–Crippen LogP) is 3.54. The van der Waals surface area contributed by atoms with Crippen LogP contribution >= 0.6 is 0 Å². The second-order valence-corrected chi connectivity index (χ2v) is 5.21. The van der Waals surface area contributed by atoms with E-state index in [1.54, 1.807) is 0 Å². The molecule has 1 heterocycles. The summed E-state index contributed by atoms with van der Waals surface area (Å²) in [6.45, 7) is 2.84. The van der Waals surface area contributed by atoms with Crippen molar-refractivity contribution in [3.63, 3.8) is 0 Å². The topological polar surface area (TPSA) is 54.7 Å². The summed E-state index contributed by atoms with van der Waals surface area (Å²) in [4.78, 5) is 7.22. The van der Waals surface area contributed by atoms with Gasteiger partial charge in [-0.05, 0) is 37.4 Å². The van der Waals surface area contributed by atoms with E-state index in [1.165, 1.54) is 6.07 Å². The van der Waals surface area contributed by atoms with Crippen molar-refractivity contribution in [1.82, 2.24) is 9.97 Å². The highest BCUT2D eigenvalue weighted by molar-refractivity contribution is 5.75. The molecule has 0 aliphatic heterocycles. The smallest absolute Gasteiger partial charge is 0.186 e. The van der Waals surface area contributed by atoms with Gasteiger partial charge in [-0.3, -0.25) is 0 Å². The maximum Gasteiger partial charge on any atom is 0.186 e. The Kier molecular flexibility index (Phi) is 5.06. The van der Waals surface area contributed by atoms with Crippen molar-refractivity contribution in [3.05, 3.63) is 29.6 Å². The molecule has 1 unspecified atom stereocenters. The first-order valence-corrected chi connectivity index (χ1v) is 7.18. The fraction of sp³-hybridized carbons (Fsp3) is 0.533. The minimum Gasteiger partial charge on any atom is -0.342 e. The van der Waals surface area contributed by atoms with E-state index < -0.39 is 11.6 Å². The zero-order valence-electron chi connectivity index (χ0n) is 11.8. The number of nitrogens with two attached hydrogens (primary N) is 1. The number of aromatic nitrogens is 2. The van der Waals surface area contributed by atoms with Gasteiger partial charge in [-0.1, -0.05) is 19.8 Å². The zero-order valence-corrected chi connectivity index (χ0v) is 11.8. The number of hydrogen-bond donors (Lipinski definition) is 2. The maximum atomic E-state index is 13.6. The lowest BCUT2D eigenvalue weighted by atomic mass is 9.94. The molecule has 1 aromatic heterocycles. The first-order chi connectivity index (χ1) is 9.65. The summed E-state index contributed by atoms with van der Waals surface area (Å²) in [7, 11) is 0. The summed E-state index contributed by atoms with van der Waals surface area (Å²) in [5.41, 5.74) is 6.25. The number of aryl methyl sites for hydroxylation is 1. The number of aromatic amines is 1. The average Bonchev–Trinajstić information content (AvgIpc) is 2.85. The molecule has 3 nitrogen and oxygen atoms in total. The molecule has 0 aliphatic carbocycles. The molecule has 110 valence electrons. The molecule has 0 spiro atoms. The fourth-order valence-corrected chi connectivity index (χ4v) is 2.60. The molecule has 1 aromatic carbocycles. The number of imidazole rings is 1. The van der Waals surface area contributed by atoms with Crippen molar-refractivity contribution in [2.75, 3.05) is 6.54 Å². The molecule has 3 N–H and O–H groups in total. The lowest BCUT2D eigenvalue weighted by Gasteiger charge is -2.13. The molecule has 0 saturated heterocycles. The standard InChI is InChI=1S/C15H21F2N3/c1-2-3-10(8-9-18)4-7-13-19-12-6-5-11(16)14(17)15(12)20-13/h5-6,10H,2-4,7-9,18H2,1H3,(H,19,20). The molecule has 0 fully saturated rings. The molecule has 0 amide bonds. The number of nitrogens with zero attached hydrogens (tertiary/aromatic N) is 1. The second kappa shape index (κ2) is 6.79. The highest BCUT2D eigenvalue weighted by Crippen LogP contribution is 2.21. The van der Waals surface area contributed by atoms with Crippen LogP contribution in [0.2, 0.25) is 0 Å². The van der Waals surface area contributed by atoms with Gasteiger partial charge in [0.25, 0.3) is 0 Å². The first-order valence-electron chi connectivity index (χ1n) is 7.18. The van der Waals surface area contributed by atoms with E-state index in [-0.39, 0.29) is 5.52 Å². The summed E-state index contributed by atoms with van der Waals surface area (Å²) < 4.78 is 26.7. The van der Waals surface area contributed by atoms with Gasteiger partial charge >= 0.3 is 0 Å². The minimum atomic E-state index is -0.878. The average molecular weight is 281 g/mol. The Bertz CT molecular complexity index is 559. The second-order valence-electron chi connectivity index (χ2n) is 5.21. The number of fused-ring (bicyclic) bond motifs is 1. The molecular formula is C15H21F2N3. The molecule has 1 atom stereocenters. The number of hydrogen-bond acceptors (Lipinski definition) is 2. The predicted molar refractivity (Wildman–Crippen MR) is 76.4 cm³/mol. The van der Waals surface area contributed by atoms with Gasteiger partial charge in [-0.25, -0.2) is 13.8 Å². The van der Waals surface area contributed by atoms with Crippen molar-refractivity contribution in [1.29, 1.82) is 0 Å². The Morgan fingerprint density at radius 2 is 2.05 bits per heavy atom. The third-order valence-electron chi connectivity index (χ3n) is 3.66. The lowest BCUT2D eigenvalue weighted by Crippen LogP contribution is -2.10. The molecule has 0 bridgehead atoms. The van der Waals surface area contributed by atoms with Gasteiger partial charge in [0, 0.05) is 6.42 Å². The van der Waals surface area contributed by atoms with Crippen LogP contribution in [0.4, 0.5) is 8.78 Å². The van der Waals surface area contributed by atoms with Crippen LogP contribution in [0.15, 0.2) is 12.1 Å². The number of nitrogens with one attached hydrogen (secondary N) is 1. The Labute approximate surface area is 117 Å². The molecular weight excluding hydrogens is 260 g/mol. The van der Waals surface area contributed by atoms with Crippen molar-refractivity contribution >= 4 is 11.0 Å².